The van der Waals surface area contributed by atoms with Crippen molar-refractivity contribution >= 4 is 23.1 Å². The van der Waals surface area contributed by atoms with Gasteiger partial charge in [-0.05, 0) is 36.1 Å². The lowest BCUT2D eigenvalue weighted by Crippen LogP contribution is -2.03. The summed E-state index contributed by atoms with van der Waals surface area (Å²) in [5, 5.41) is 20.2. The number of nitrogens with zero attached hydrogens (tertiary/aromatic N) is 5. The fourth-order valence-corrected chi connectivity index (χ4v) is 4.64. The summed E-state index contributed by atoms with van der Waals surface area (Å²) in [6, 6.07) is 22.5. The Labute approximate surface area is 188 Å². The second-order valence-corrected chi connectivity index (χ2v) is 8.90. The van der Waals surface area contributed by atoms with Crippen LogP contribution in [-0.2, 0) is 12.3 Å². The van der Waals surface area contributed by atoms with Crippen molar-refractivity contribution in [2.45, 2.75) is 24.4 Å². The molecule has 3 heterocycles. The first kappa shape index (κ1) is 19.7. The third kappa shape index (κ3) is 4.45. The molecule has 0 bridgehead atoms. The lowest BCUT2D eigenvalue weighted by Gasteiger charge is -2.09. The van der Waals surface area contributed by atoms with E-state index in [1.807, 2.05) is 48.5 Å². The molecule has 2 aromatic carbocycles. The fourth-order valence-electron chi connectivity index (χ4n) is 3.14. The molecule has 0 radical (unpaired) electrons. The summed E-state index contributed by atoms with van der Waals surface area (Å²) in [5.41, 5.74) is 3.31. The molecule has 0 aliphatic heterocycles. The van der Waals surface area contributed by atoms with E-state index < -0.39 is 0 Å². The molecule has 0 saturated heterocycles. The maximum atomic E-state index is 5.87. The highest BCUT2D eigenvalue weighted by Crippen LogP contribution is 2.30. The van der Waals surface area contributed by atoms with Gasteiger partial charge in [0, 0.05) is 5.56 Å². The van der Waals surface area contributed by atoms with Gasteiger partial charge in [-0.3, -0.25) is 4.57 Å². The molecule has 0 spiro atoms. The summed E-state index contributed by atoms with van der Waals surface area (Å²) < 4.78 is 8.01. The number of aryl methyl sites for hydroxylation is 1. The van der Waals surface area contributed by atoms with Crippen LogP contribution in [0.3, 0.4) is 0 Å². The van der Waals surface area contributed by atoms with Crippen molar-refractivity contribution < 1.29 is 4.42 Å². The number of thiophene rings is 1. The van der Waals surface area contributed by atoms with Crippen molar-refractivity contribution in [2.75, 3.05) is 0 Å². The Morgan fingerprint density at radius 2 is 1.74 bits per heavy atom. The van der Waals surface area contributed by atoms with Crippen LogP contribution in [0.15, 0.2) is 81.7 Å². The van der Waals surface area contributed by atoms with E-state index in [9.17, 15) is 0 Å². The van der Waals surface area contributed by atoms with Crippen molar-refractivity contribution in [3.05, 3.63) is 89.1 Å². The monoisotopic (exact) mass is 445 g/mol. The van der Waals surface area contributed by atoms with Crippen LogP contribution >= 0.6 is 23.1 Å². The van der Waals surface area contributed by atoms with Gasteiger partial charge in [-0.15, -0.1) is 31.7 Å². The van der Waals surface area contributed by atoms with Crippen molar-refractivity contribution in [2.24, 2.45) is 0 Å². The molecular weight excluding hydrogens is 426 g/mol. The molecule has 154 valence electrons. The van der Waals surface area contributed by atoms with E-state index in [0.29, 0.717) is 24.1 Å². The Bertz CT molecular complexity index is 1260. The lowest BCUT2D eigenvalue weighted by molar-refractivity contribution is 0.528. The molecule has 5 rings (SSSR count). The van der Waals surface area contributed by atoms with E-state index in [2.05, 4.69) is 55.5 Å². The van der Waals surface area contributed by atoms with E-state index in [4.69, 9.17) is 4.42 Å². The average Bonchev–Trinajstić information content (AvgIpc) is 3.55. The van der Waals surface area contributed by atoms with Crippen molar-refractivity contribution in [1.29, 1.82) is 0 Å². The van der Waals surface area contributed by atoms with Crippen molar-refractivity contribution in [1.82, 2.24) is 25.0 Å². The normalized spacial score (nSPS) is 11.1. The molecule has 0 N–H and O–H groups in total. The van der Waals surface area contributed by atoms with Gasteiger partial charge in [-0.25, -0.2) is 0 Å². The molecular formula is C23H19N5OS2. The van der Waals surface area contributed by atoms with Gasteiger partial charge in [0.15, 0.2) is 11.0 Å². The highest BCUT2D eigenvalue weighted by atomic mass is 32.2. The van der Waals surface area contributed by atoms with Crippen LogP contribution in [0.1, 0.15) is 17.0 Å². The standard InChI is InChI=1S/C23H19N5OS2/c1-16-9-11-18(12-10-16)22-26-24-20(29-22)15-31-23-27-25-21(19-8-5-13-30-19)28(23)14-17-6-3-2-4-7-17/h2-13H,14-15H2,1H3. The first-order chi connectivity index (χ1) is 15.3. The maximum absolute atomic E-state index is 5.87. The second-order valence-electron chi connectivity index (χ2n) is 7.01. The van der Waals surface area contributed by atoms with Crippen LogP contribution < -0.4 is 0 Å². The summed E-state index contributed by atoms with van der Waals surface area (Å²) >= 11 is 3.20. The average molecular weight is 446 g/mol. The van der Waals surface area contributed by atoms with Gasteiger partial charge in [0.1, 0.15) is 0 Å². The van der Waals surface area contributed by atoms with Crippen LogP contribution in [0.25, 0.3) is 22.2 Å². The van der Waals surface area contributed by atoms with Gasteiger partial charge >= 0.3 is 0 Å². The van der Waals surface area contributed by atoms with Crippen molar-refractivity contribution in [3.63, 3.8) is 0 Å². The zero-order valence-electron chi connectivity index (χ0n) is 16.8. The Hall–Kier alpha value is -3.23. The summed E-state index contributed by atoms with van der Waals surface area (Å²) in [5.74, 6) is 2.48. The predicted octanol–water partition coefficient (Wildman–Crippen LogP) is 5.71. The largest absolute Gasteiger partial charge is 0.420 e. The summed E-state index contributed by atoms with van der Waals surface area (Å²) in [4.78, 5) is 1.09. The van der Waals surface area contributed by atoms with Crippen LogP contribution in [-0.4, -0.2) is 25.0 Å². The molecule has 0 amide bonds. The zero-order valence-corrected chi connectivity index (χ0v) is 18.4. The molecule has 0 unspecified atom stereocenters. The minimum Gasteiger partial charge on any atom is -0.420 e. The van der Waals surface area contributed by atoms with Gasteiger partial charge in [-0.1, -0.05) is 65.9 Å². The fraction of sp³-hybridized carbons (Fsp3) is 0.130. The smallest absolute Gasteiger partial charge is 0.247 e. The molecule has 5 aromatic rings. The molecule has 0 fully saturated rings. The predicted molar refractivity (Wildman–Crippen MR) is 123 cm³/mol. The van der Waals surface area contributed by atoms with Gasteiger partial charge in [-0.2, -0.15) is 0 Å². The minimum absolute atomic E-state index is 0.524. The number of hydrogen-bond donors (Lipinski definition) is 0. The molecule has 0 atom stereocenters. The molecule has 0 aliphatic carbocycles. The third-order valence-corrected chi connectivity index (χ3v) is 6.55. The summed E-state index contributed by atoms with van der Waals surface area (Å²) in [7, 11) is 0. The topological polar surface area (TPSA) is 69.6 Å². The minimum atomic E-state index is 0.524. The van der Waals surface area contributed by atoms with Gasteiger partial charge < -0.3 is 4.42 Å². The van der Waals surface area contributed by atoms with Gasteiger partial charge in [0.25, 0.3) is 0 Å². The highest BCUT2D eigenvalue weighted by Gasteiger charge is 2.17. The molecule has 8 heteroatoms. The summed E-state index contributed by atoms with van der Waals surface area (Å²) in [6.07, 6.45) is 0. The van der Waals surface area contributed by atoms with Crippen molar-refractivity contribution in [3.8, 4) is 22.2 Å². The van der Waals surface area contributed by atoms with E-state index >= 15 is 0 Å². The second kappa shape index (κ2) is 8.87. The number of benzene rings is 2. The number of aromatic nitrogens is 5. The van der Waals surface area contributed by atoms with E-state index in [-0.39, 0.29) is 0 Å². The zero-order chi connectivity index (χ0) is 21.0. The quantitative estimate of drug-likeness (QED) is 0.299. The Kier molecular flexibility index (Phi) is 5.64. The van der Waals surface area contributed by atoms with E-state index in [1.165, 1.54) is 11.1 Å². The van der Waals surface area contributed by atoms with Crippen LogP contribution in [0.2, 0.25) is 0 Å². The molecule has 31 heavy (non-hydrogen) atoms. The number of thioether (sulfide) groups is 1. The van der Waals surface area contributed by atoms with Gasteiger partial charge in [0.2, 0.25) is 11.8 Å². The SMILES string of the molecule is Cc1ccc(-c2nnc(CSc3nnc(-c4cccs4)n3Cc3ccccc3)o2)cc1. The molecule has 3 aromatic heterocycles. The Balaban J connectivity index is 1.37. The highest BCUT2D eigenvalue weighted by molar-refractivity contribution is 7.98. The van der Waals surface area contributed by atoms with E-state index in [0.717, 1.165) is 21.4 Å². The maximum Gasteiger partial charge on any atom is 0.247 e. The van der Waals surface area contributed by atoms with Crippen LogP contribution in [0.5, 0.6) is 0 Å². The van der Waals surface area contributed by atoms with Gasteiger partial charge in [0.05, 0.1) is 17.2 Å². The third-order valence-electron chi connectivity index (χ3n) is 4.73. The Morgan fingerprint density at radius 3 is 2.52 bits per heavy atom. The molecule has 0 aliphatic rings. The Morgan fingerprint density at radius 1 is 0.903 bits per heavy atom. The van der Waals surface area contributed by atoms with Crippen LogP contribution in [0, 0.1) is 6.92 Å². The van der Waals surface area contributed by atoms with E-state index in [1.54, 1.807) is 23.1 Å². The number of rotatable bonds is 7. The van der Waals surface area contributed by atoms with Crippen LogP contribution in [0.4, 0.5) is 0 Å². The molecule has 0 saturated carbocycles. The summed E-state index contributed by atoms with van der Waals surface area (Å²) in [6.45, 7) is 2.75. The molecule has 6 nitrogen and oxygen atoms in total. The first-order valence-corrected chi connectivity index (χ1v) is 11.7. The number of hydrogen-bond acceptors (Lipinski definition) is 7. The lowest BCUT2D eigenvalue weighted by atomic mass is 10.1. The first-order valence-electron chi connectivity index (χ1n) is 9.79.